The molecule has 1 aliphatic rings. The van der Waals surface area contributed by atoms with Crippen molar-refractivity contribution < 1.29 is 23.8 Å². The van der Waals surface area contributed by atoms with E-state index in [9.17, 15) is 9.59 Å². The van der Waals surface area contributed by atoms with Crippen LogP contribution in [0.5, 0.6) is 5.75 Å². The van der Waals surface area contributed by atoms with Crippen LogP contribution in [0.25, 0.3) is 0 Å². The number of carbonyl (C=O) groups is 2. The van der Waals surface area contributed by atoms with Crippen molar-refractivity contribution in [2.45, 2.75) is 51.7 Å². The van der Waals surface area contributed by atoms with Crippen LogP contribution in [-0.4, -0.2) is 60.0 Å². The van der Waals surface area contributed by atoms with Gasteiger partial charge in [0.2, 0.25) is 0 Å². The second kappa shape index (κ2) is 12.2. The molecule has 190 valence electrons. The first-order valence-electron chi connectivity index (χ1n) is 11.7. The van der Waals surface area contributed by atoms with Gasteiger partial charge in [-0.05, 0) is 52.2 Å². The quantitative estimate of drug-likeness (QED) is 0.371. The lowest BCUT2D eigenvalue weighted by Gasteiger charge is -2.23. The first-order chi connectivity index (χ1) is 16.7. The maximum atomic E-state index is 11.9. The summed E-state index contributed by atoms with van der Waals surface area (Å²) in [7, 11) is 0. The molecule has 35 heavy (non-hydrogen) atoms. The molecule has 0 saturated carbocycles. The highest BCUT2D eigenvalue weighted by Crippen LogP contribution is 2.24. The summed E-state index contributed by atoms with van der Waals surface area (Å²) in [5.41, 5.74) is 5.67. The summed E-state index contributed by atoms with van der Waals surface area (Å²) in [6.45, 7) is 7.65. The number of nitrogens with one attached hydrogen (secondary N) is 3. The average Bonchev–Trinajstić information content (AvgIpc) is 2.78. The molecule has 1 aliphatic heterocycles. The Kier molecular flexibility index (Phi) is 9.07. The van der Waals surface area contributed by atoms with Crippen molar-refractivity contribution in [2.75, 3.05) is 37.0 Å². The molecule has 1 fully saturated rings. The highest BCUT2D eigenvalue weighted by molar-refractivity contribution is 5.96. The number of ether oxygens (including phenoxy) is 3. The van der Waals surface area contributed by atoms with Crippen molar-refractivity contribution >= 4 is 29.3 Å². The van der Waals surface area contributed by atoms with Gasteiger partial charge in [-0.1, -0.05) is 6.07 Å². The molecule has 2 amide bonds. The van der Waals surface area contributed by atoms with Crippen LogP contribution in [0.1, 0.15) is 50.5 Å². The molecular formula is C24H34N6O5. The van der Waals surface area contributed by atoms with Crippen LogP contribution in [0.2, 0.25) is 0 Å². The molecule has 1 saturated heterocycles. The lowest BCUT2D eigenvalue weighted by atomic mass is 10.1. The summed E-state index contributed by atoms with van der Waals surface area (Å²) in [4.78, 5) is 32.3. The fourth-order valence-corrected chi connectivity index (χ4v) is 3.34. The largest absolute Gasteiger partial charge is 0.493 e. The van der Waals surface area contributed by atoms with E-state index in [-0.39, 0.29) is 17.6 Å². The summed E-state index contributed by atoms with van der Waals surface area (Å²) in [6.07, 6.45) is 3.40. The highest BCUT2D eigenvalue weighted by atomic mass is 16.6. The standard InChI is InChI=1S/C24H34N6O5/c1-24(2,3)35-23(32)26-10-5-11-34-18-7-4-6-17(14-18)29-22-20(21(25)31)27-15-19(30-22)28-16-8-12-33-13-9-16/h4,6-7,14-16H,5,8-13H2,1-3H3,(H2,25,31)(H,26,32)(H2,28,29,30). The molecule has 11 nitrogen and oxygen atoms in total. The number of alkyl carbamates (subject to hydrolysis) is 1. The number of aromatic nitrogens is 2. The molecule has 0 spiro atoms. The number of hydrogen-bond donors (Lipinski definition) is 4. The summed E-state index contributed by atoms with van der Waals surface area (Å²) >= 11 is 0. The van der Waals surface area contributed by atoms with Gasteiger partial charge in [0.15, 0.2) is 11.5 Å². The molecular weight excluding hydrogens is 452 g/mol. The van der Waals surface area contributed by atoms with E-state index in [1.165, 1.54) is 6.20 Å². The Labute approximate surface area is 205 Å². The second-order valence-corrected chi connectivity index (χ2v) is 9.13. The van der Waals surface area contributed by atoms with Gasteiger partial charge in [-0.2, -0.15) is 0 Å². The minimum Gasteiger partial charge on any atom is -0.493 e. The monoisotopic (exact) mass is 486 g/mol. The van der Waals surface area contributed by atoms with Gasteiger partial charge in [-0.25, -0.2) is 14.8 Å². The third-order valence-corrected chi connectivity index (χ3v) is 4.93. The summed E-state index contributed by atoms with van der Waals surface area (Å²) in [6, 6.07) is 7.47. The van der Waals surface area contributed by atoms with Crippen LogP contribution >= 0.6 is 0 Å². The molecule has 5 N–H and O–H groups in total. The van der Waals surface area contributed by atoms with Crippen LogP contribution in [0.3, 0.4) is 0 Å². The Balaban J connectivity index is 1.56. The Morgan fingerprint density at radius 3 is 2.71 bits per heavy atom. The Morgan fingerprint density at radius 2 is 2.00 bits per heavy atom. The normalized spacial score (nSPS) is 14.1. The smallest absolute Gasteiger partial charge is 0.407 e. The SMILES string of the molecule is CC(C)(C)OC(=O)NCCCOc1cccc(Nc2nc(NC3CCOCC3)cnc2C(N)=O)c1. The van der Waals surface area contributed by atoms with Crippen molar-refractivity contribution in [2.24, 2.45) is 5.73 Å². The molecule has 0 aliphatic carbocycles. The topological polar surface area (TPSA) is 150 Å². The van der Waals surface area contributed by atoms with E-state index in [4.69, 9.17) is 19.9 Å². The highest BCUT2D eigenvalue weighted by Gasteiger charge is 2.18. The van der Waals surface area contributed by atoms with E-state index < -0.39 is 17.6 Å². The molecule has 0 radical (unpaired) electrons. The number of primary amides is 1. The van der Waals surface area contributed by atoms with Gasteiger partial charge < -0.3 is 35.9 Å². The summed E-state index contributed by atoms with van der Waals surface area (Å²) in [5.74, 6) is 0.752. The molecule has 3 rings (SSSR count). The average molecular weight is 487 g/mol. The Bertz CT molecular complexity index is 1000. The van der Waals surface area contributed by atoms with Crippen LogP contribution in [-0.2, 0) is 9.47 Å². The minimum absolute atomic E-state index is 0.0436. The van der Waals surface area contributed by atoms with Crippen molar-refractivity contribution in [3.8, 4) is 5.75 Å². The lowest BCUT2D eigenvalue weighted by Crippen LogP contribution is -2.33. The van der Waals surface area contributed by atoms with E-state index in [0.717, 1.165) is 12.8 Å². The van der Waals surface area contributed by atoms with Crippen molar-refractivity contribution in [1.82, 2.24) is 15.3 Å². The first kappa shape index (κ1) is 26.0. The number of carbonyl (C=O) groups excluding carboxylic acids is 2. The third kappa shape index (κ3) is 8.93. The number of benzene rings is 1. The third-order valence-electron chi connectivity index (χ3n) is 4.93. The fraction of sp³-hybridized carbons (Fsp3) is 0.500. The second-order valence-electron chi connectivity index (χ2n) is 9.13. The van der Waals surface area contributed by atoms with E-state index in [1.54, 1.807) is 6.07 Å². The van der Waals surface area contributed by atoms with E-state index >= 15 is 0 Å². The Hall–Kier alpha value is -3.60. The molecule has 11 heteroatoms. The summed E-state index contributed by atoms with van der Waals surface area (Å²) < 4.78 is 16.4. The van der Waals surface area contributed by atoms with Gasteiger partial charge in [0.1, 0.15) is 17.2 Å². The van der Waals surface area contributed by atoms with Gasteiger partial charge >= 0.3 is 6.09 Å². The zero-order valence-corrected chi connectivity index (χ0v) is 20.4. The predicted molar refractivity (Wildman–Crippen MR) is 132 cm³/mol. The fourth-order valence-electron chi connectivity index (χ4n) is 3.34. The molecule has 1 aromatic heterocycles. The van der Waals surface area contributed by atoms with E-state index in [1.807, 2.05) is 39.0 Å². The van der Waals surface area contributed by atoms with Gasteiger partial charge in [0.25, 0.3) is 5.91 Å². The first-order valence-corrected chi connectivity index (χ1v) is 11.7. The number of nitrogens with two attached hydrogens (primary N) is 1. The predicted octanol–water partition coefficient (Wildman–Crippen LogP) is 3.20. The Morgan fingerprint density at radius 1 is 1.23 bits per heavy atom. The molecule has 1 aromatic carbocycles. The van der Waals surface area contributed by atoms with Gasteiger partial charge in [0, 0.05) is 37.6 Å². The van der Waals surface area contributed by atoms with E-state index in [2.05, 4.69) is 25.9 Å². The van der Waals surface area contributed by atoms with Crippen molar-refractivity contribution in [3.05, 3.63) is 36.2 Å². The number of amides is 2. The van der Waals surface area contributed by atoms with Crippen LogP contribution in [0, 0.1) is 0 Å². The van der Waals surface area contributed by atoms with Crippen molar-refractivity contribution in [1.29, 1.82) is 0 Å². The molecule has 2 heterocycles. The van der Waals surface area contributed by atoms with Crippen LogP contribution < -0.4 is 26.4 Å². The van der Waals surface area contributed by atoms with Gasteiger partial charge in [0.05, 0.1) is 12.8 Å². The van der Waals surface area contributed by atoms with Crippen LogP contribution in [0.15, 0.2) is 30.5 Å². The number of hydrogen-bond acceptors (Lipinski definition) is 9. The zero-order valence-electron chi connectivity index (χ0n) is 20.4. The maximum Gasteiger partial charge on any atom is 0.407 e. The minimum atomic E-state index is -0.678. The summed E-state index contributed by atoms with van der Waals surface area (Å²) in [5, 5.41) is 9.15. The lowest BCUT2D eigenvalue weighted by molar-refractivity contribution is 0.0525. The van der Waals surface area contributed by atoms with Crippen molar-refractivity contribution in [3.63, 3.8) is 0 Å². The van der Waals surface area contributed by atoms with E-state index in [0.29, 0.717) is 50.0 Å². The number of anilines is 3. The molecule has 0 bridgehead atoms. The molecule has 0 atom stereocenters. The maximum absolute atomic E-state index is 11.9. The number of nitrogens with zero attached hydrogens (tertiary/aromatic N) is 2. The zero-order chi connectivity index (χ0) is 25.3. The van der Waals surface area contributed by atoms with Gasteiger partial charge in [-0.3, -0.25) is 4.79 Å². The molecule has 2 aromatic rings. The number of rotatable bonds is 10. The van der Waals surface area contributed by atoms with Gasteiger partial charge in [-0.15, -0.1) is 0 Å². The molecule has 0 unspecified atom stereocenters. The van der Waals surface area contributed by atoms with Crippen LogP contribution in [0.4, 0.5) is 22.1 Å².